The molecule has 1 saturated carbocycles. The fraction of sp³-hybridized carbons (Fsp3) is 0.556. The number of fused-ring (bicyclic) bond motifs is 1. The fourth-order valence-electron chi connectivity index (χ4n) is 4.16. The molecule has 0 unspecified atom stereocenters. The summed E-state index contributed by atoms with van der Waals surface area (Å²) >= 11 is 0. The molecule has 2 fully saturated rings. The zero-order valence-electron chi connectivity index (χ0n) is 13.9. The Labute approximate surface area is 141 Å². The first-order chi connectivity index (χ1) is 11.7. The number of aromatic nitrogens is 2. The van der Waals surface area contributed by atoms with Gasteiger partial charge in [0.15, 0.2) is 5.82 Å². The van der Waals surface area contributed by atoms with Crippen LogP contribution in [-0.2, 0) is 11.3 Å². The van der Waals surface area contributed by atoms with Gasteiger partial charge in [0.1, 0.15) is 0 Å². The number of ether oxygens (including phenoxy) is 1. The summed E-state index contributed by atoms with van der Waals surface area (Å²) in [4.78, 5) is 6.85. The third-order valence-corrected chi connectivity index (χ3v) is 5.51. The maximum atomic E-state index is 10.1. The van der Waals surface area contributed by atoms with Gasteiger partial charge in [-0.05, 0) is 37.8 Å². The smallest absolute Gasteiger partial charge is 0.257 e. The maximum Gasteiger partial charge on any atom is 0.257 e. The van der Waals surface area contributed by atoms with Crippen molar-refractivity contribution >= 4 is 0 Å². The van der Waals surface area contributed by atoms with Gasteiger partial charge >= 0.3 is 0 Å². The second-order valence-corrected chi connectivity index (χ2v) is 6.82. The summed E-state index contributed by atoms with van der Waals surface area (Å²) in [5.41, 5.74) is 0.794. The average Bonchev–Trinajstić information content (AvgIpc) is 3.22. The number of aliphatic hydroxyl groups is 1. The Bertz CT molecular complexity index is 690. The van der Waals surface area contributed by atoms with E-state index >= 15 is 0 Å². The first kappa shape index (κ1) is 15.7. The van der Waals surface area contributed by atoms with Crippen LogP contribution in [0.2, 0.25) is 0 Å². The van der Waals surface area contributed by atoms with Crippen molar-refractivity contribution in [2.45, 2.75) is 50.0 Å². The first-order valence-corrected chi connectivity index (χ1v) is 8.55. The van der Waals surface area contributed by atoms with Crippen LogP contribution >= 0.6 is 0 Å². The highest BCUT2D eigenvalue weighted by Gasteiger charge is 2.50. The molecule has 4 rings (SSSR count). The van der Waals surface area contributed by atoms with Crippen LogP contribution in [0.4, 0.5) is 0 Å². The molecule has 6 heteroatoms. The fourth-order valence-corrected chi connectivity index (χ4v) is 4.16. The van der Waals surface area contributed by atoms with Gasteiger partial charge in [-0.15, -0.1) is 0 Å². The highest BCUT2D eigenvalue weighted by molar-refractivity contribution is 5.51. The summed E-state index contributed by atoms with van der Waals surface area (Å²) < 4.78 is 11.3. The topological polar surface area (TPSA) is 71.6 Å². The van der Waals surface area contributed by atoms with Crippen LogP contribution in [-0.4, -0.2) is 51.5 Å². The first-order valence-electron chi connectivity index (χ1n) is 8.55. The molecule has 2 aromatic rings. The van der Waals surface area contributed by atoms with Gasteiger partial charge in [-0.2, -0.15) is 4.98 Å². The van der Waals surface area contributed by atoms with Gasteiger partial charge in [0.05, 0.1) is 18.2 Å². The third kappa shape index (κ3) is 2.75. The van der Waals surface area contributed by atoms with Crippen LogP contribution in [0, 0.1) is 0 Å². The average molecular weight is 329 g/mol. The van der Waals surface area contributed by atoms with E-state index in [9.17, 15) is 5.11 Å². The van der Waals surface area contributed by atoms with Gasteiger partial charge in [-0.1, -0.05) is 23.4 Å². The van der Waals surface area contributed by atoms with Crippen LogP contribution in [0.3, 0.4) is 0 Å². The molecule has 1 aromatic heterocycles. The molecule has 0 bridgehead atoms. The van der Waals surface area contributed by atoms with Crippen molar-refractivity contribution in [2.24, 2.45) is 0 Å². The number of likely N-dealkylation sites (tertiary alicyclic amines) is 1. The summed E-state index contributed by atoms with van der Waals surface area (Å²) in [5.74, 6) is 1.23. The molecule has 3 atom stereocenters. The summed E-state index contributed by atoms with van der Waals surface area (Å²) in [5, 5.41) is 14.2. The van der Waals surface area contributed by atoms with Gasteiger partial charge in [-0.3, -0.25) is 4.90 Å². The molecular weight excluding hydrogens is 306 g/mol. The lowest BCUT2D eigenvalue weighted by Crippen LogP contribution is -2.51. The lowest BCUT2D eigenvalue weighted by atomic mass is 9.79. The molecule has 1 aliphatic carbocycles. The minimum Gasteiger partial charge on any atom is -0.393 e. The summed E-state index contributed by atoms with van der Waals surface area (Å²) in [7, 11) is 1.79. The van der Waals surface area contributed by atoms with Crippen LogP contribution in [0.25, 0.3) is 11.5 Å². The van der Waals surface area contributed by atoms with E-state index in [0.717, 1.165) is 37.8 Å². The number of benzene rings is 1. The van der Waals surface area contributed by atoms with Gasteiger partial charge in [0.25, 0.3) is 5.89 Å². The number of hydrogen-bond acceptors (Lipinski definition) is 6. The molecule has 0 radical (unpaired) electrons. The van der Waals surface area contributed by atoms with Gasteiger partial charge in [-0.25, -0.2) is 0 Å². The highest BCUT2D eigenvalue weighted by Crippen LogP contribution is 2.42. The van der Waals surface area contributed by atoms with Crippen molar-refractivity contribution in [3.05, 3.63) is 36.2 Å². The summed E-state index contributed by atoms with van der Waals surface area (Å²) in [6.45, 7) is 1.55. The Morgan fingerprint density at radius 3 is 2.96 bits per heavy atom. The minimum absolute atomic E-state index is 0.134. The highest BCUT2D eigenvalue weighted by atomic mass is 16.5. The lowest BCUT2D eigenvalue weighted by Gasteiger charge is -2.42. The molecule has 2 aliphatic rings. The van der Waals surface area contributed by atoms with E-state index in [-0.39, 0.29) is 17.7 Å². The molecule has 24 heavy (non-hydrogen) atoms. The zero-order valence-corrected chi connectivity index (χ0v) is 13.9. The van der Waals surface area contributed by atoms with E-state index in [1.165, 1.54) is 0 Å². The maximum absolute atomic E-state index is 10.1. The largest absolute Gasteiger partial charge is 0.393 e. The van der Waals surface area contributed by atoms with Crippen molar-refractivity contribution in [1.82, 2.24) is 15.0 Å². The molecule has 1 N–H and O–H groups in total. The third-order valence-electron chi connectivity index (χ3n) is 5.51. The Balaban J connectivity index is 1.51. The van der Waals surface area contributed by atoms with Crippen LogP contribution in [0.1, 0.15) is 31.5 Å². The molecule has 1 aliphatic heterocycles. The molecule has 0 amide bonds. The Kier molecular flexibility index (Phi) is 4.12. The van der Waals surface area contributed by atoms with Crippen LogP contribution in [0.5, 0.6) is 0 Å². The molecule has 1 saturated heterocycles. The number of nitrogens with zero attached hydrogens (tertiary/aromatic N) is 3. The molecule has 0 spiro atoms. The Morgan fingerprint density at radius 2 is 2.17 bits per heavy atom. The van der Waals surface area contributed by atoms with Crippen molar-refractivity contribution in [3.63, 3.8) is 0 Å². The van der Waals surface area contributed by atoms with Crippen molar-refractivity contribution in [1.29, 1.82) is 0 Å². The van der Waals surface area contributed by atoms with E-state index in [2.05, 4.69) is 15.0 Å². The van der Waals surface area contributed by atoms with E-state index in [1.807, 2.05) is 30.3 Å². The van der Waals surface area contributed by atoms with Gasteiger partial charge in [0.2, 0.25) is 0 Å². The van der Waals surface area contributed by atoms with E-state index in [4.69, 9.17) is 9.26 Å². The van der Waals surface area contributed by atoms with E-state index < -0.39 is 0 Å². The summed E-state index contributed by atoms with van der Waals surface area (Å²) in [6, 6.07) is 10.0. The number of rotatable bonds is 4. The Hall–Kier alpha value is -1.76. The standard InChI is InChI=1S/C18H23N3O3/c1-23-18-8-7-14(22)11-15(18)21(10-9-18)12-16-19-17(24-20-16)13-5-3-2-4-6-13/h2-6,14-15,22H,7-12H2,1H3/t14-,15-,18+/m0/s1. The second kappa shape index (κ2) is 6.27. The quantitative estimate of drug-likeness (QED) is 0.927. The SMILES string of the molecule is CO[C@@]12CC[C@H](O)C[C@@H]1N(Cc1noc(-c3ccccc3)n1)CC2. The van der Waals surface area contributed by atoms with Crippen LogP contribution in [0.15, 0.2) is 34.9 Å². The summed E-state index contributed by atoms with van der Waals surface area (Å²) in [6.07, 6.45) is 3.22. The number of aliphatic hydroxyl groups excluding tert-OH is 1. The molecule has 2 heterocycles. The van der Waals surface area contributed by atoms with Gasteiger partial charge in [0, 0.05) is 25.3 Å². The molecule has 6 nitrogen and oxygen atoms in total. The van der Waals surface area contributed by atoms with E-state index in [0.29, 0.717) is 18.3 Å². The van der Waals surface area contributed by atoms with Gasteiger partial charge < -0.3 is 14.4 Å². The minimum atomic E-state index is -0.246. The molecule has 128 valence electrons. The second-order valence-electron chi connectivity index (χ2n) is 6.82. The van der Waals surface area contributed by atoms with E-state index in [1.54, 1.807) is 7.11 Å². The van der Waals surface area contributed by atoms with Crippen molar-refractivity contribution in [3.8, 4) is 11.5 Å². The van der Waals surface area contributed by atoms with Crippen molar-refractivity contribution < 1.29 is 14.4 Å². The molecule has 1 aromatic carbocycles. The van der Waals surface area contributed by atoms with Crippen molar-refractivity contribution in [2.75, 3.05) is 13.7 Å². The Morgan fingerprint density at radius 1 is 1.33 bits per heavy atom. The number of hydrogen-bond donors (Lipinski definition) is 1. The predicted molar refractivity (Wildman–Crippen MR) is 88.1 cm³/mol. The molecular formula is C18H23N3O3. The zero-order chi connectivity index (χ0) is 16.6. The normalized spacial score (nSPS) is 30.4. The monoisotopic (exact) mass is 329 g/mol. The van der Waals surface area contributed by atoms with Crippen LogP contribution < -0.4 is 0 Å². The number of methoxy groups -OCH3 is 1. The predicted octanol–water partition coefficient (Wildman–Crippen LogP) is 2.24. The lowest BCUT2D eigenvalue weighted by molar-refractivity contribution is -0.0882.